The molecular formula is C19H14ClNO5. The van der Waals surface area contributed by atoms with E-state index in [-0.39, 0.29) is 13.2 Å². The smallest absolute Gasteiger partial charge is 0.261 e. The maximum Gasteiger partial charge on any atom is 0.261 e. The summed E-state index contributed by atoms with van der Waals surface area (Å²) in [5.41, 5.74) is -0.431. The number of ketones is 1. The first-order valence-electron chi connectivity index (χ1n) is 7.90. The summed E-state index contributed by atoms with van der Waals surface area (Å²) in [5, 5.41) is 13.7. The molecule has 7 heteroatoms. The summed E-state index contributed by atoms with van der Waals surface area (Å²) in [6, 6.07) is 9.97. The number of aliphatic hydroxyl groups is 1. The van der Waals surface area contributed by atoms with Gasteiger partial charge in [-0.25, -0.2) is 0 Å². The van der Waals surface area contributed by atoms with Crippen molar-refractivity contribution in [1.82, 2.24) is 0 Å². The summed E-state index contributed by atoms with van der Waals surface area (Å²) in [6.45, 7) is 0.172. The third kappa shape index (κ3) is 2.83. The van der Waals surface area contributed by atoms with E-state index >= 15 is 0 Å². The summed E-state index contributed by atoms with van der Waals surface area (Å²) >= 11 is 5.95. The fourth-order valence-electron chi connectivity index (χ4n) is 3.01. The van der Waals surface area contributed by atoms with Crippen molar-refractivity contribution >= 4 is 35.1 Å². The number of carbonyl (C=O) groups excluding carboxylic acids is 2. The molecular weight excluding hydrogens is 358 g/mol. The van der Waals surface area contributed by atoms with Crippen molar-refractivity contribution < 1.29 is 24.2 Å². The van der Waals surface area contributed by atoms with Crippen LogP contribution in [0.3, 0.4) is 0 Å². The molecule has 1 amide bonds. The van der Waals surface area contributed by atoms with Gasteiger partial charge >= 0.3 is 0 Å². The van der Waals surface area contributed by atoms with E-state index in [0.717, 1.165) is 5.56 Å². The molecule has 0 unspecified atom stereocenters. The third-order valence-electron chi connectivity index (χ3n) is 4.34. The van der Waals surface area contributed by atoms with Crippen LogP contribution in [0.1, 0.15) is 17.5 Å². The van der Waals surface area contributed by atoms with E-state index in [1.165, 1.54) is 12.1 Å². The van der Waals surface area contributed by atoms with Crippen molar-refractivity contribution in [2.24, 2.45) is 0 Å². The molecule has 1 atom stereocenters. The number of hydrogen-bond donors (Lipinski definition) is 2. The van der Waals surface area contributed by atoms with E-state index < -0.39 is 17.3 Å². The summed E-state index contributed by atoms with van der Waals surface area (Å²) < 4.78 is 10.5. The lowest BCUT2D eigenvalue weighted by Crippen LogP contribution is -2.36. The van der Waals surface area contributed by atoms with E-state index in [0.29, 0.717) is 27.8 Å². The zero-order chi connectivity index (χ0) is 18.3. The number of carbonyl (C=O) groups is 2. The summed E-state index contributed by atoms with van der Waals surface area (Å²) in [6.07, 6.45) is 2.54. The van der Waals surface area contributed by atoms with Crippen LogP contribution in [0.4, 0.5) is 5.69 Å². The van der Waals surface area contributed by atoms with E-state index in [1.54, 1.807) is 36.4 Å². The van der Waals surface area contributed by atoms with Crippen LogP contribution in [0, 0.1) is 0 Å². The van der Waals surface area contributed by atoms with Gasteiger partial charge in [0.15, 0.2) is 22.9 Å². The molecule has 132 valence electrons. The molecule has 0 fully saturated rings. The van der Waals surface area contributed by atoms with Gasteiger partial charge in [0.05, 0.1) is 6.42 Å². The SMILES string of the molecule is O=C(/C=C\c1ccc2c(c1)OCO2)C[C@@]1(O)C(=O)Nc2ccc(Cl)cc21. The number of ether oxygens (including phenoxy) is 2. The Labute approximate surface area is 154 Å². The molecule has 0 aromatic heterocycles. The highest BCUT2D eigenvalue weighted by molar-refractivity contribution is 6.31. The van der Waals surface area contributed by atoms with Crippen molar-refractivity contribution in [2.45, 2.75) is 12.0 Å². The third-order valence-corrected chi connectivity index (χ3v) is 4.57. The van der Waals surface area contributed by atoms with Gasteiger partial charge in [-0.2, -0.15) is 0 Å². The largest absolute Gasteiger partial charge is 0.454 e. The highest BCUT2D eigenvalue weighted by Crippen LogP contribution is 2.40. The minimum Gasteiger partial charge on any atom is -0.454 e. The number of amides is 1. The Bertz CT molecular complexity index is 955. The molecule has 0 aliphatic carbocycles. The zero-order valence-corrected chi connectivity index (χ0v) is 14.2. The number of hydrogen-bond acceptors (Lipinski definition) is 5. The molecule has 0 radical (unpaired) electrons. The highest BCUT2D eigenvalue weighted by Gasteiger charge is 2.46. The van der Waals surface area contributed by atoms with Crippen LogP contribution in [0.15, 0.2) is 42.5 Å². The summed E-state index contributed by atoms with van der Waals surface area (Å²) in [5.74, 6) is 0.226. The number of nitrogens with one attached hydrogen (secondary N) is 1. The van der Waals surface area contributed by atoms with Crippen molar-refractivity contribution in [3.8, 4) is 11.5 Å². The molecule has 6 nitrogen and oxygen atoms in total. The molecule has 26 heavy (non-hydrogen) atoms. The monoisotopic (exact) mass is 371 g/mol. The molecule has 2 aliphatic rings. The Morgan fingerprint density at radius 1 is 1.23 bits per heavy atom. The van der Waals surface area contributed by atoms with Crippen molar-refractivity contribution in [2.75, 3.05) is 12.1 Å². The first kappa shape index (κ1) is 16.6. The Morgan fingerprint density at radius 3 is 2.88 bits per heavy atom. The van der Waals surface area contributed by atoms with Gasteiger partial charge in [-0.05, 0) is 42.0 Å². The van der Waals surface area contributed by atoms with E-state index in [9.17, 15) is 14.7 Å². The first-order valence-corrected chi connectivity index (χ1v) is 8.28. The Hall–Kier alpha value is -2.83. The standard InChI is InChI=1S/C19H14ClNO5/c20-12-3-5-15-14(8-12)19(24,18(23)21-15)9-13(22)4-1-11-2-6-16-17(7-11)26-10-25-16/h1-8,24H,9-10H2,(H,21,23)/b4-1-/t19-/m0/s1. The second-order valence-electron chi connectivity index (χ2n) is 6.09. The van der Waals surface area contributed by atoms with Crippen LogP contribution in [-0.4, -0.2) is 23.6 Å². The summed E-state index contributed by atoms with van der Waals surface area (Å²) in [7, 11) is 0. The molecule has 0 saturated heterocycles. The van der Waals surface area contributed by atoms with Crippen LogP contribution in [0.2, 0.25) is 5.02 Å². The van der Waals surface area contributed by atoms with Gasteiger partial charge in [-0.15, -0.1) is 0 Å². The average Bonchev–Trinajstić information content (AvgIpc) is 3.17. The van der Waals surface area contributed by atoms with E-state index in [4.69, 9.17) is 21.1 Å². The van der Waals surface area contributed by atoms with Crippen LogP contribution in [0.25, 0.3) is 6.08 Å². The minimum absolute atomic E-state index is 0.172. The first-order chi connectivity index (χ1) is 12.5. The number of allylic oxidation sites excluding steroid dienone is 1. The van der Waals surface area contributed by atoms with Crippen molar-refractivity contribution in [1.29, 1.82) is 0 Å². The fourth-order valence-corrected chi connectivity index (χ4v) is 3.18. The normalized spacial score (nSPS) is 20.3. The van der Waals surface area contributed by atoms with Gasteiger partial charge in [-0.3, -0.25) is 9.59 Å². The van der Waals surface area contributed by atoms with E-state index in [2.05, 4.69) is 5.32 Å². The Kier molecular flexibility index (Phi) is 3.94. The average molecular weight is 372 g/mol. The molecule has 0 bridgehead atoms. The van der Waals surface area contributed by atoms with Gasteiger partial charge in [0, 0.05) is 16.3 Å². The lowest BCUT2D eigenvalue weighted by Gasteiger charge is -2.19. The Balaban J connectivity index is 1.53. The van der Waals surface area contributed by atoms with Crippen molar-refractivity contribution in [3.63, 3.8) is 0 Å². The van der Waals surface area contributed by atoms with Crippen LogP contribution in [-0.2, 0) is 15.2 Å². The maximum absolute atomic E-state index is 12.3. The molecule has 0 spiro atoms. The van der Waals surface area contributed by atoms with Gasteiger partial charge in [0.2, 0.25) is 6.79 Å². The topological polar surface area (TPSA) is 84.9 Å². The highest BCUT2D eigenvalue weighted by atomic mass is 35.5. The molecule has 2 aromatic rings. The molecule has 4 rings (SSSR count). The lowest BCUT2D eigenvalue weighted by molar-refractivity contribution is -0.138. The second-order valence-corrected chi connectivity index (χ2v) is 6.53. The lowest BCUT2D eigenvalue weighted by atomic mass is 9.89. The van der Waals surface area contributed by atoms with Crippen LogP contribution < -0.4 is 14.8 Å². The fraction of sp³-hybridized carbons (Fsp3) is 0.158. The number of halogens is 1. The van der Waals surface area contributed by atoms with E-state index in [1.807, 2.05) is 0 Å². The molecule has 2 N–H and O–H groups in total. The van der Waals surface area contributed by atoms with Crippen LogP contribution >= 0.6 is 11.6 Å². The minimum atomic E-state index is -1.93. The van der Waals surface area contributed by atoms with Gasteiger partial charge < -0.3 is 19.9 Å². The summed E-state index contributed by atoms with van der Waals surface area (Å²) in [4.78, 5) is 24.5. The predicted octanol–water partition coefficient (Wildman–Crippen LogP) is 2.88. The number of rotatable bonds is 4. The van der Waals surface area contributed by atoms with Gasteiger partial charge in [0.1, 0.15) is 0 Å². The zero-order valence-electron chi connectivity index (χ0n) is 13.5. The number of anilines is 1. The molecule has 0 saturated carbocycles. The predicted molar refractivity (Wildman–Crippen MR) is 95.2 cm³/mol. The van der Waals surface area contributed by atoms with Gasteiger partial charge in [-0.1, -0.05) is 23.7 Å². The molecule has 2 aromatic carbocycles. The number of fused-ring (bicyclic) bond motifs is 2. The van der Waals surface area contributed by atoms with Gasteiger partial charge in [0.25, 0.3) is 5.91 Å². The van der Waals surface area contributed by atoms with Crippen molar-refractivity contribution in [3.05, 3.63) is 58.6 Å². The Morgan fingerprint density at radius 2 is 2.04 bits per heavy atom. The van der Waals surface area contributed by atoms with Crippen LogP contribution in [0.5, 0.6) is 11.5 Å². The molecule has 2 heterocycles. The molecule has 2 aliphatic heterocycles. The maximum atomic E-state index is 12.3. The quantitative estimate of drug-likeness (QED) is 0.807. The number of benzene rings is 2. The second kappa shape index (κ2) is 6.16.